The second kappa shape index (κ2) is 11.0. The first-order chi connectivity index (χ1) is 16.9. The molecule has 11 heteroatoms. The van der Waals surface area contributed by atoms with Gasteiger partial charge in [-0.2, -0.15) is 4.31 Å². The number of nitrogens with one attached hydrogen (secondary N) is 1. The van der Waals surface area contributed by atoms with Crippen molar-refractivity contribution in [3.63, 3.8) is 0 Å². The molecule has 1 N–H and O–H groups in total. The minimum absolute atomic E-state index is 0.0339. The molecule has 2 saturated heterocycles. The minimum Gasteiger partial charge on any atom is -0.495 e. The lowest BCUT2D eigenvalue weighted by Crippen LogP contribution is -2.49. The van der Waals surface area contributed by atoms with Crippen LogP contribution in [-0.2, 0) is 19.6 Å². The molecule has 0 saturated carbocycles. The molecule has 1 aromatic carbocycles. The zero-order chi connectivity index (χ0) is 24.8. The van der Waals surface area contributed by atoms with Crippen LogP contribution in [0.1, 0.15) is 12.8 Å². The Balaban J connectivity index is 1.21. The van der Waals surface area contributed by atoms with Gasteiger partial charge in [0.1, 0.15) is 11.6 Å². The molecule has 188 valence electrons. The van der Waals surface area contributed by atoms with Crippen molar-refractivity contribution in [2.75, 3.05) is 61.9 Å². The summed E-state index contributed by atoms with van der Waals surface area (Å²) in [6.07, 6.45) is 2.15. The summed E-state index contributed by atoms with van der Waals surface area (Å²) < 4.78 is 32.3. The number of amides is 2. The molecule has 1 atom stereocenters. The fourth-order valence-corrected chi connectivity index (χ4v) is 5.93. The van der Waals surface area contributed by atoms with Gasteiger partial charge in [0, 0.05) is 51.9 Å². The standard InChI is InChI=1S/C24H31N5O5S/c1-34-21-8-3-2-7-20(21)29-18-19(17-23(29)30)24(31)26-11-6-16-35(32,33)28-14-12-27(13-15-28)22-9-4-5-10-25-22/h2-5,7-10,19H,6,11-18H2,1H3,(H,26,31). The number of hydrogen-bond acceptors (Lipinski definition) is 7. The fraction of sp³-hybridized carbons (Fsp3) is 0.458. The Morgan fingerprint density at radius 2 is 1.86 bits per heavy atom. The van der Waals surface area contributed by atoms with Crippen LogP contribution in [0.4, 0.5) is 11.5 Å². The van der Waals surface area contributed by atoms with E-state index in [2.05, 4.69) is 15.2 Å². The van der Waals surface area contributed by atoms with E-state index in [0.29, 0.717) is 44.0 Å². The highest BCUT2D eigenvalue weighted by Gasteiger charge is 2.36. The molecule has 1 unspecified atom stereocenters. The number of rotatable bonds is 9. The van der Waals surface area contributed by atoms with Crippen LogP contribution in [0.15, 0.2) is 48.7 Å². The minimum atomic E-state index is -3.41. The Labute approximate surface area is 205 Å². The molecule has 2 aromatic rings. The average molecular weight is 502 g/mol. The highest BCUT2D eigenvalue weighted by molar-refractivity contribution is 7.89. The van der Waals surface area contributed by atoms with Gasteiger partial charge in [0.2, 0.25) is 21.8 Å². The molecule has 1 aromatic heterocycles. The molecular weight excluding hydrogens is 470 g/mol. The molecule has 3 heterocycles. The summed E-state index contributed by atoms with van der Waals surface area (Å²) >= 11 is 0. The second-order valence-corrected chi connectivity index (χ2v) is 10.7. The fourth-order valence-electron chi connectivity index (χ4n) is 4.44. The predicted molar refractivity (Wildman–Crippen MR) is 133 cm³/mol. The number of aromatic nitrogens is 1. The number of pyridine rings is 1. The zero-order valence-corrected chi connectivity index (χ0v) is 20.6. The molecule has 0 bridgehead atoms. The van der Waals surface area contributed by atoms with E-state index < -0.39 is 15.9 Å². The molecule has 2 aliphatic heterocycles. The van der Waals surface area contributed by atoms with E-state index in [9.17, 15) is 18.0 Å². The maximum Gasteiger partial charge on any atom is 0.227 e. The van der Waals surface area contributed by atoms with Gasteiger partial charge in [0.05, 0.1) is 24.5 Å². The topological polar surface area (TPSA) is 112 Å². The Hall–Kier alpha value is -3.18. The van der Waals surface area contributed by atoms with Crippen LogP contribution in [0, 0.1) is 5.92 Å². The third kappa shape index (κ3) is 5.91. The first-order valence-electron chi connectivity index (χ1n) is 11.7. The molecule has 2 fully saturated rings. The van der Waals surface area contributed by atoms with Crippen LogP contribution in [0.2, 0.25) is 0 Å². The van der Waals surface area contributed by atoms with Crippen LogP contribution >= 0.6 is 0 Å². The molecule has 4 rings (SSSR count). The van der Waals surface area contributed by atoms with Crippen molar-refractivity contribution in [2.45, 2.75) is 12.8 Å². The molecular formula is C24H31N5O5S. The summed E-state index contributed by atoms with van der Waals surface area (Å²) in [5.74, 6) is 0.533. The molecule has 35 heavy (non-hydrogen) atoms. The smallest absolute Gasteiger partial charge is 0.227 e. The lowest BCUT2D eigenvalue weighted by atomic mass is 10.1. The normalized spacial score (nSPS) is 19.1. The van der Waals surface area contributed by atoms with Gasteiger partial charge in [0.25, 0.3) is 0 Å². The Morgan fingerprint density at radius 3 is 2.57 bits per heavy atom. The second-order valence-electron chi connectivity index (χ2n) is 8.61. The number of anilines is 2. The van der Waals surface area contributed by atoms with Gasteiger partial charge in [-0.3, -0.25) is 9.59 Å². The maximum atomic E-state index is 12.7. The molecule has 10 nitrogen and oxygen atoms in total. The van der Waals surface area contributed by atoms with Crippen LogP contribution in [-0.4, -0.2) is 81.7 Å². The van der Waals surface area contributed by atoms with Gasteiger partial charge in [-0.25, -0.2) is 13.4 Å². The molecule has 0 spiro atoms. The quantitative estimate of drug-likeness (QED) is 0.512. The van der Waals surface area contributed by atoms with Crippen molar-refractivity contribution in [2.24, 2.45) is 5.92 Å². The van der Waals surface area contributed by atoms with E-state index in [0.717, 1.165) is 5.82 Å². The van der Waals surface area contributed by atoms with Gasteiger partial charge in [-0.1, -0.05) is 18.2 Å². The van der Waals surface area contributed by atoms with Crippen molar-refractivity contribution in [1.29, 1.82) is 0 Å². The third-order valence-electron chi connectivity index (χ3n) is 6.36. The van der Waals surface area contributed by atoms with Gasteiger partial charge in [-0.05, 0) is 30.7 Å². The van der Waals surface area contributed by atoms with Crippen molar-refractivity contribution in [1.82, 2.24) is 14.6 Å². The van der Waals surface area contributed by atoms with E-state index in [4.69, 9.17) is 4.74 Å². The number of benzene rings is 1. The molecule has 2 amide bonds. The van der Waals surface area contributed by atoms with E-state index in [1.165, 1.54) is 11.4 Å². The summed E-state index contributed by atoms with van der Waals surface area (Å²) in [5.41, 5.74) is 0.643. The van der Waals surface area contributed by atoms with Gasteiger partial charge < -0.3 is 19.9 Å². The molecule has 0 radical (unpaired) electrons. The van der Waals surface area contributed by atoms with Crippen LogP contribution in [0.5, 0.6) is 5.75 Å². The Bertz CT molecular complexity index is 1140. The van der Waals surface area contributed by atoms with Crippen LogP contribution < -0.4 is 19.9 Å². The number of para-hydroxylation sites is 2. The summed E-state index contributed by atoms with van der Waals surface area (Å²) in [5, 5.41) is 2.80. The monoisotopic (exact) mass is 501 g/mol. The average Bonchev–Trinajstić information content (AvgIpc) is 3.28. The van der Waals surface area contributed by atoms with Crippen molar-refractivity contribution in [3.05, 3.63) is 48.7 Å². The lowest BCUT2D eigenvalue weighted by Gasteiger charge is -2.34. The van der Waals surface area contributed by atoms with Crippen molar-refractivity contribution >= 4 is 33.3 Å². The summed E-state index contributed by atoms with van der Waals surface area (Å²) in [6, 6.07) is 12.9. The highest BCUT2D eigenvalue weighted by Crippen LogP contribution is 2.32. The number of carbonyl (C=O) groups is 2. The Morgan fingerprint density at radius 1 is 1.11 bits per heavy atom. The number of methoxy groups -OCH3 is 1. The SMILES string of the molecule is COc1ccccc1N1CC(C(=O)NCCCS(=O)(=O)N2CCN(c3ccccn3)CC2)CC1=O. The first-order valence-corrected chi connectivity index (χ1v) is 13.3. The number of sulfonamides is 1. The lowest BCUT2D eigenvalue weighted by molar-refractivity contribution is -0.126. The van der Waals surface area contributed by atoms with Gasteiger partial charge >= 0.3 is 0 Å². The van der Waals surface area contributed by atoms with Gasteiger partial charge in [0.15, 0.2) is 0 Å². The highest BCUT2D eigenvalue weighted by atomic mass is 32.2. The molecule has 2 aliphatic rings. The third-order valence-corrected chi connectivity index (χ3v) is 8.31. The molecule has 0 aliphatic carbocycles. The maximum absolute atomic E-state index is 12.7. The Kier molecular flexibility index (Phi) is 7.86. The zero-order valence-electron chi connectivity index (χ0n) is 19.8. The number of nitrogens with zero attached hydrogens (tertiary/aromatic N) is 4. The first kappa shape index (κ1) is 24.9. The van der Waals surface area contributed by atoms with E-state index in [1.807, 2.05) is 30.3 Å². The van der Waals surface area contributed by atoms with E-state index in [-0.39, 0.29) is 37.1 Å². The van der Waals surface area contributed by atoms with Crippen LogP contribution in [0.25, 0.3) is 0 Å². The van der Waals surface area contributed by atoms with E-state index >= 15 is 0 Å². The largest absolute Gasteiger partial charge is 0.495 e. The van der Waals surface area contributed by atoms with Crippen molar-refractivity contribution in [3.8, 4) is 5.75 Å². The summed E-state index contributed by atoms with van der Waals surface area (Å²) in [7, 11) is -1.87. The number of hydrogen-bond donors (Lipinski definition) is 1. The van der Waals surface area contributed by atoms with Crippen molar-refractivity contribution < 1.29 is 22.7 Å². The summed E-state index contributed by atoms with van der Waals surface area (Å²) in [6.45, 7) is 2.51. The van der Waals surface area contributed by atoms with Crippen LogP contribution in [0.3, 0.4) is 0 Å². The predicted octanol–water partition coefficient (Wildman–Crippen LogP) is 1.10. The number of ether oxygens (including phenoxy) is 1. The summed E-state index contributed by atoms with van der Waals surface area (Å²) in [4.78, 5) is 33.1. The number of piperazine rings is 1. The van der Waals surface area contributed by atoms with Gasteiger partial charge in [-0.15, -0.1) is 0 Å². The number of carbonyl (C=O) groups excluding carboxylic acids is 2. The van der Waals surface area contributed by atoms with E-state index in [1.54, 1.807) is 23.2 Å².